The van der Waals surface area contributed by atoms with Crippen molar-refractivity contribution in [1.82, 2.24) is 0 Å². The second-order valence-electron chi connectivity index (χ2n) is 3.74. The molecule has 4 heteroatoms. The molecule has 1 aliphatic rings. The maximum absolute atomic E-state index is 10.8. The van der Waals surface area contributed by atoms with Crippen LogP contribution in [0, 0.1) is 0 Å². The van der Waals surface area contributed by atoms with Crippen molar-refractivity contribution >= 4 is 5.97 Å². The molecule has 0 radical (unpaired) electrons. The van der Waals surface area contributed by atoms with Gasteiger partial charge in [-0.2, -0.15) is 0 Å². The van der Waals surface area contributed by atoms with Crippen LogP contribution in [0.2, 0.25) is 0 Å². The minimum Gasteiger partial charge on any atom is -0.469 e. The van der Waals surface area contributed by atoms with E-state index in [1.807, 2.05) is 6.92 Å². The number of esters is 1. The molecular weight excluding hydrogens is 184 g/mol. The van der Waals surface area contributed by atoms with Gasteiger partial charge in [-0.1, -0.05) is 0 Å². The van der Waals surface area contributed by atoms with Crippen LogP contribution in [-0.2, 0) is 14.3 Å². The molecule has 0 aromatic heterocycles. The summed E-state index contributed by atoms with van der Waals surface area (Å²) >= 11 is 0. The van der Waals surface area contributed by atoms with Gasteiger partial charge in [-0.25, -0.2) is 0 Å². The van der Waals surface area contributed by atoms with Crippen LogP contribution in [0.25, 0.3) is 0 Å². The molecule has 0 aromatic carbocycles. The Balaban J connectivity index is 2.21. The highest BCUT2D eigenvalue weighted by atomic mass is 16.5. The average Bonchev–Trinajstić information content (AvgIpc) is 2.60. The molecule has 0 spiro atoms. The smallest absolute Gasteiger partial charge is 0.305 e. The SMILES string of the molecule is COC(=O)CCC(O)C1CCC(C)O1. The number of hydrogen-bond donors (Lipinski definition) is 1. The third-order valence-electron chi connectivity index (χ3n) is 2.57. The van der Waals surface area contributed by atoms with Crippen LogP contribution in [0.1, 0.15) is 32.6 Å². The molecule has 82 valence electrons. The lowest BCUT2D eigenvalue weighted by atomic mass is 10.1. The summed E-state index contributed by atoms with van der Waals surface area (Å²) in [6.45, 7) is 1.99. The van der Waals surface area contributed by atoms with Crippen molar-refractivity contribution in [3.63, 3.8) is 0 Å². The zero-order chi connectivity index (χ0) is 10.6. The molecule has 1 heterocycles. The van der Waals surface area contributed by atoms with Crippen molar-refractivity contribution < 1.29 is 19.4 Å². The Morgan fingerprint density at radius 3 is 2.86 bits per heavy atom. The Kier molecular flexibility index (Phi) is 4.35. The Morgan fingerprint density at radius 1 is 1.64 bits per heavy atom. The van der Waals surface area contributed by atoms with Crippen molar-refractivity contribution in [3.05, 3.63) is 0 Å². The number of rotatable bonds is 4. The average molecular weight is 202 g/mol. The van der Waals surface area contributed by atoms with E-state index in [1.165, 1.54) is 7.11 Å². The Morgan fingerprint density at radius 2 is 2.36 bits per heavy atom. The van der Waals surface area contributed by atoms with Crippen LogP contribution >= 0.6 is 0 Å². The summed E-state index contributed by atoms with van der Waals surface area (Å²) in [5, 5.41) is 9.68. The number of carbonyl (C=O) groups is 1. The molecule has 3 unspecified atom stereocenters. The quantitative estimate of drug-likeness (QED) is 0.687. The maximum atomic E-state index is 10.8. The van der Waals surface area contributed by atoms with Gasteiger partial charge in [0.2, 0.25) is 0 Å². The fourth-order valence-electron chi connectivity index (χ4n) is 1.67. The molecule has 1 rings (SSSR count). The summed E-state index contributed by atoms with van der Waals surface area (Å²) < 4.78 is 9.98. The van der Waals surface area contributed by atoms with Crippen molar-refractivity contribution in [2.45, 2.75) is 50.9 Å². The lowest BCUT2D eigenvalue weighted by Gasteiger charge is -2.17. The number of ether oxygens (including phenoxy) is 2. The van der Waals surface area contributed by atoms with Gasteiger partial charge in [0.05, 0.1) is 25.4 Å². The molecule has 1 aliphatic heterocycles. The Labute approximate surface area is 84.2 Å². The zero-order valence-electron chi connectivity index (χ0n) is 8.73. The second kappa shape index (κ2) is 5.32. The first-order chi connectivity index (χ1) is 6.63. The third kappa shape index (κ3) is 3.27. The van der Waals surface area contributed by atoms with Gasteiger partial charge in [-0.15, -0.1) is 0 Å². The van der Waals surface area contributed by atoms with Gasteiger partial charge in [0.15, 0.2) is 0 Å². The summed E-state index contributed by atoms with van der Waals surface area (Å²) in [5.41, 5.74) is 0. The van der Waals surface area contributed by atoms with E-state index in [4.69, 9.17) is 4.74 Å². The molecule has 1 N–H and O–H groups in total. The van der Waals surface area contributed by atoms with Crippen LogP contribution in [-0.4, -0.2) is 36.5 Å². The van der Waals surface area contributed by atoms with E-state index >= 15 is 0 Å². The molecule has 3 atom stereocenters. The van der Waals surface area contributed by atoms with Crippen LogP contribution < -0.4 is 0 Å². The largest absolute Gasteiger partial charge is 0.469 e. The molecule has 14 heavy (non-hydrogen) atoms. The normalized spacial score (nSPS) is 28.8. The first-order valence-corrected chi connectivity index (χ1v) is 5.04. The van der Waals surface area contributed by atoms with Crippen LogP contribution in [0.5, 0.6) is 0 Å². The molecule has 1 fully saturated rings. The summed E-state index contributed by atoms with van der Waals surface area (Å²) in [4.78, 5) is 10.8. The fourth-order valence-corrected chi connectivity index (χ4v) is 1.67. The first kappa shape index (κ1) is 11.5. The standard InChI is InChI=1S/C10H18O4/c1-7-3-5-9(14-7)8(11)4-6-10(12)13-2/h7-9,11H,3-6H2,1-2H3. The predicted molar refractivity (Wildman–Crippen MR) is 50.8 cm³/mol. The van der Waals surface area contributed by atoms with Crippen molar-refractivity contribution in [2.24, 2.45) is 0 Å². The van der Waals surface area contributed by atoms with E-state index in [-0.39, 0.29) is 24.6 Å². The summed E-state index contributed by atoms with van der Waals surface area (Å²) in [5.74, 6) is -0.282. The number of methoxy groups -OCH3 is 1. The molecule has 0 aromatic rings. The van der Waals surface area contributed by atoms with Gasteiger partial charge in [-0.3, -0.25) is 4.79 Å². The van der Waals surface area contributed by atoms with Gasteiger partial charge in [0.1, 0.15) is 0 Å². The Bertz CT molecular complexity index is 193. The van der Waals surface area contributed by atoms with Gasteiger partial charge in [-0.05, 0) is 26.2 Å². The highest BCUT2D eigenvalue weighted by Gasteiger charge is 2.28. The number of hydrogen-bond acceptors (Lipinski definition) is 4. The lowest BCUT2D eigenvalue weighted by molar-refractivity contribution is -0.141. The fraction of sp³-hybridized carbons (Fsp3) is 0.900. The Hall–Kier alpha value is -0.610. The maximum Gasteiger partial charge on any atom is 0.305 e. The molecular formula is C10H18O4. The highest BCUT2D eigenvalue weighted by molar-refractivity contribution is 5.69. The van der Waals surface area contributed by atoms with Crippen LogP contribution in [0.15, 0.2) is 0 Å². The van der Waals surface area contributed by atoms with Gasteiger partial charge in [0.25, 0.3) is 0 Å². The van der Waals surface area contributed by atoms with E-state index < -0.39 is 6.10 Å². The van der Waals surface area contributed by atoms with Crippen LogP contribution in [0.4, 0.5) is 0 Å². The van der Waals surface area contributed by atoms with E-state index in [0.29, 0.717) is 6.42 Å². The number of carbonyl (C=O) groups excluding carboxylic acids is 1. The van der Waals surface area contributed by atoms with Crippen molar-refractivity contribution in [3.8, 4) is 0 Å². The second-order valence-corrected chi connectivity index (χ2v) is 3.74. The summed E-state index contributed by atoms with van der Waals surface area (Å²) in [7, 11) is 1.35. The third-order valence-corrected chi connectivity index (χ3v) is 2.57. The highest BCUT2D eigenvalue weighted by Crippen LogP contribution is 2.23. The molecule has 4 nitrogen and oxygen atoms in total. The summed E-state index contributed by atoms with van der Waals surface area (Å²) in [6.07, 6.45) is 2.13. The van der Waals surface area contributed by atoms with Gasteiger partial charge < -0.3 is 14.6 Å². The molecule has 0 bridgehead atoms. The number of aliphatic hydroxyl groups is 1. The summed E-state index contributed by atoms with van der Waals surface area (Å²) in [6, 6.07) is 0. The number of aliphatic hydroxyl groups excluding tert-OH is 1. The van der Waals surface area contributed by atoms with E-state index in [1.54, 1.807) is 0 Å². The van der Waals surface area contributed by atoms with E-state index in [2.05, 4.69) is 4.74 Å². The van der Waals surface area contributed by atoms with E-state index in [9.17, 15) is 9.90 Å². The molecule has 0 amide bonds. The molecule has 0 saturated carbocycles. The first-order valence-electron chi connectivity index (χ1n) is 5.04. The minimum atomic E-state index is -0.543. The van der Waals surface area contributed by atoms with E-state index in [0.717, 1.165) is 12.8 Å². The molecule has 1 saturated heterocycles. The zero-order valence-corrected chi connectivity index (χ0v) is 8.73. The molecule has 0 aliphatic carbocycles. The topological polar surface area (TPSA) is 55.8 Å². The minimum absolute atomic E-state index is 0.102. The monoisotopic (exact) mass is 202 g/mol. The lowest BCUT2D eigenvalue weighted by Crippen LogP contribution is -2.26. The van der Waals surface area contributed by atoms with Crippen LogP contribution in [0.3, 0.4) is 0 Å². The predicted octanol–water partition coefficient (Wildman–Crippen LogP) is 0.868. The van der Waals surface area contributed by atoms with Gasteiger partial charge >= 0.3 is 5.97 Å². The van der Waals surface area contributed by atoms with Gasteiger partial charge in [0, 0.05) is 6.42 Å². The van der Waals surface area contributed by atoms with Crippen molar-refractivity contribution in [1.29, 1.82) is 0 Å². The van der Waals surface area contributed by atoms with Crippen molar-refractivity contribution in [2.75, 3.05) is 7.11 Å².